The van der Waals surface area contributed by atoms with Crippen molar-refractivity contribution in [2.75, 3.05) is 20.6 Å². The van der Waals surface area contributed by atoms with Crippen LogP contribution in [0.3, 0.4) is 0 Å². The molecule has 37 heavy (non-hydrogen) atoms. The van der Waals surface area contributed by atoms with E-state index in [1.54, 1.807) is 11.9 Å². The fourth-order valence-corrected chi connectivity index (χ4v) is 4.94. The highest BCUT2D eigenvalue weighted by Crippen LogP contribution is 2.31. The lowest BCUT2D eigenvalue weighted by molar-refractivity contribution is -0.149. The second-order valence-electron chi connectivity index (χ2n) is 9.82. The third-order valence-electron chi connectivity index (χ3n) is 6.52. The predicted octanol–water partition coefficient (Wildman–Crippen LogP) is 3.63. The van der Waals surface area contributed by atoms with E-state index >= 15 is 0 Å². The Bertz CT molecular complexity index is 890. The number of aromatic nitrogens is 1. The Labute approximate surface area is 224 Å². The molecular weight excluding hydrogens is 496 g/mol. The molecule has 2 amide bonds. The van der Waals surface area contributed by atoms with E-state index in [0.717, 1.165) is 37.1 Å². The molecule has 0 spiro atoms. The first-order valence-corrected chi connectivity index (χ1v) is 13.9. The molecule has 0 aliphatic rings. The molecule has 0 fully saturated rings. The molecule has 1 heterocycles. The number of nitrogens with one attached hydrogen (secondary N) is 2. The van der Waals surface area contributed by atoms with E-state index in [2.05, 4.69) is 15.6 Å². The maximum Gasteiger partial charge on any atom is 0.355 e. The average Bonchev–Trinajstić information content (AvgIpc) is 3.34. The van der Waals surface area contributed by atoms with Gasteiger partial charge in [0.15, 0.2) is 11.8 Å². The molecular formula is C26H44N4O6S. The maximum absolute atomic E-state index is 13.7. The summed E-state index contributed by atoms with van der Waals surface area (Å²) in [6.07, 6.45) is 3.22. The highest BCUT2D eigenvalue weighted by atomic mass is 32.1. The SMILES string of the molecule is CC[C@H](C)[C@H](NC(=O)CCCCCNC)C(=O)N(C)[C@H](C[C@@H](OC(C)=O)c1nc(C(=O)O)cs1)C(C)C. The Morgan fingerprint density at radius 1 is 1.16 bits per heavy atom. The Kier molecular flexibility index (Phi) is 14.4. The molecule has 210 valence electrons. The summed E-state index contributed by atoms with van der Waals surface area (Å²) in [5.74, 6) is -2.11. The number of carboxylic acids is 1. The quantitative estimate of drug-likeness (QED) is 0.201. The molecule has 11 heteroatoms. The van der Waals surface area contributed by atoms with E-state index in [0.29, 0.717) is 17.8 Å². The number of hydrogen-bond donors (Lipinski definition) is 3. The number of aromatic carboxylic acids is 1. The second kappa shape index (κ2) is 16.3. The van der Waals surface area contributed by atoms with Gasteiger partial charge in [-0.05, 0) is 38.3 Å². The second-order valence-corrected chi connectivity index (χ2v) is 10.7. The summed E-state index contributed by atoms with van der Waals surface area (Å²) in [6, 6.07) is -1.02. The molecule has 0 unspecified atom stereocenters. The number of amides is 2. The Morgan fingerprint density at radius 2 is 1.84 bits per heavy atom. The number of ether oxygens (including phenoxy) is 1. The van der Waals surface area contributed by atoms with E-state index in [1.165, 1.54) is 12.3 Å². The number of esters is 1. The van der Waals surface area contributed by atoms with Crippen LogP contribution in [0.2, 0.25) is 0 Å². The van der Waals surface area contributed by atoms with Crippen LogP contribution in [0.5, 0.6) is 0 Å². The van der Waals surface area contributed by atoms with Crippen LogP contribution >= 0.6 is 11.3 Å². The summed E-state index contributed by atoms with van der Waals surface area (Å²) in [4.78, 5) is 55.2. The van der Waals surface area contributed by atoms with Gasteiger partial charge in [0, 0.05) is 38.2 Å². The molecule has 0 aromatic carbocycles. The van der Waals surface area contributed by atoms with Crippen LogP contribution in [0.4, 0.5) is 0 Å². The number of rotatable bonds is 17. The smallest absolute Gasteiger partial charge is 0.355 e. The Balaban J connectivity index is 3.06. The van der Waals surface area contributed by atoms with E-state index in [1.807, 2.05) is 34.7 Å². The number of thiazole rings is 1. The van der Waals surface area contributed by atoms with Crippen molar-refractivity contribution in [2.45, 2.75) is 91.3 Å². The van der Waals surface area contributed by atoms with E-state index in [9.17, 15) is 24.3 Å². The van der Waals surface area contributed by atoms with Gasteiger partial charge in [0.1, 0.15) is 11.0 Å². The first-order valence-electron chi connectivity index (χ1n) is 13.0. The van der Waals surface area contributed by atoms with Crippen molar-refractivity contribution in [1.82, 2.24) is 20.5 Å². The van der Waals surface area contributed by atoms with E-state index in [-0.39, 0.29) is 41.8 Å². The third kappa shape index (κ3) is 10.8. The summed E-state index contributed by atoms with van der Waals surface area (Å²) in [7, 11) is 3.59. The lowest BCUT2D eigenvalue weighted by atomic mass is 9.93. The third-order valence-corrected chi connectivity index (χ3v) is 7.46. The number of carbonyl (C=O) groups is 4. The standard InChI is InChI=1S/C26H44N4O6S/c1-8-17(4)23(29-22(32)12-10-9-11-13-27-6)25(33)30(7)20(16(2)3)14-21(36-18(5)31)24-28-19(15-37-24)26(34)35/h15-17,20-21,23,27H,8-14H2,1-7H3,(H,29,32)(H,34,35)/t17-,20+,21+,23-/m0/s1. The average molecular weight is 541 g/mol. The van der Waals surface area contributed by atoms with Gasteiger partial charge in [-0.3, -0.25) is 14.4 Å². The molecule has 0 radical (unpaired) electrons. The lowest BCUT2D eigenvalue weighted by Crippen LogP contribution is -2.54. The number of carboxylic acid groups (broad SMARTS) is 1. The van der Waals surface area contributed by atoms with Gasteiger partial charge in [0.25, 0.3) is 0 Å². The molecule has 3 N–H and O–H groups in total. The van der Waals surface area contributed by atoms with Crippen LogP contribution in [-0.4, -0.2) is 71.5 Å². The number of hydrogen-bond acceptors (Lipinski definition) is 8. The summed E-state index contributed by atoms with van der Waals surface area (Å²) < 4.78 is 5.51. The predicted molar refractivity (Wildman–Crippen MR) is 143 cm³/mol. The Hall–Kier alpha value is -2.53. The summed E-state index contributed by atoms with van der Waals surface area (Å²) in [6.45, 7) is 10.0. The van der Waals surface area contributed by atoms with Gasteiger partial charge in [-0.1, -0.05) is 40.5 Å². The van der Waals surface area contributed by atoms with Crippen LogP contribution in [0, 0.1) is 11.8 Å². The lowest BCUT2D eigenvalue weighted by Gasteiger charge is -2.37. The van der Waals surface area contributed by atoms with Gasteiger partial charge in [0.05, 0.1) is 0 Å². The van der Waals surface area contributed by atoms with Gasteiger partial charge < -0.3 is 25.4 Å². The number of carbonyl (C=O) groups excluding carboxylic acids is 3. The topological polar surface area (TPSA) is 138 Å². The van der Waals surface area contributed by atoms with Crippen LogP contribution < -0.4 is 10.6 Å². The largest absolute Gasteiger partial charge is 0.476 e. The maximum atomic E-state index is 13.7. The first-order chi connectivity index (χ1) is 17.4. The molecule has 0 saturated carbocycles. The van der Waals surface area contributed by atoms with Crippen LogP contribution in [0.25, 0.3) is 0 Å². The van der Waals surface area contributed by atoms with Crippen molar-refractivity contribution >= 4 is 35.1 Å². The van der Waals surface area contributed by atoms with Crippen molar-refractivity contribution in [3.05, 3.63) is 16.1 Å². The number of likely N-dealkylation sites (N-methyl/N-ethyl adjacent to an activating group) is 1. The molecule has 0 saturated heterocycles. The molecule has 0 bridgehead atoms. The minimum absolute atomic E-state index is 0.00799. The van der Waals surface area contributed by atoms with Crippen LogP contribution in [-0.2, 0) is 19.1 Å². The first kappa shape index (κ1) is 32.5. The van der Waals surface area contributed by atoms with Crippen LogP contribution in [0.1, 0.15) is 94.7 Å². The zero-order valence-corrected chi connectivity index (χ0v) is 24.0. The molecule has 1 aromatic heterocycles. The summed E-state index contributed by atoms with van der Waals surface area (Å²) >= 11 is 1.10. The fraction of sp³-hybridized carbons (Fsp3) is 0.731. The van der Waals surface area contributed by atoms with E-state index < -0.39 is 24.1 Å². The van der Waals surface area contributed by atoms with Gasteiger partial charge in [-0.15, -0.1) is 11.3 Å². The number of unbranched alkanes of at least 4 members (excludes halogenated alkanes) is 2. The van der Waals surface area contributed by atoms with Crippen molar-refractivity contribution < 1.29 is 29.0 Å². The number of nitrogens with zero attached hydrogens (tertiary/aromatic N) is 2. The minimum Gasteiger partial charge on any atom is -0.476 e. The van der Waals surface area contributed by atoms with E-state index in [4.69, 9.17) is 4.74 Å². The van der Waals surface area contributed by atoms with Gasteiger partial charge in [0.2, 0.25) is 11.8 Å². The summed E-state index contributed by atoms with van der Waals surface area (Å²) in [5, 5.41) is 17.1. The van der Waals surface area contributed by atoms with Crippen molar-refractivity contribution in [2.24, 2.45) is 11.8 Å². The van der Waals surface area contributed by atoms with Gasteiger partial charge in [-0.2, -0.15) is 0 Å². The summed E-state index contributed by atoms with van der Waals surface area (Å²) in [5.41, 5.74) is -0.117. The minimum atomic E-state index is -1.16. The van der Waals surface area contributed by atoms with Gasteiger partial charge >= 0.3 is 11.9 Å². The van der Waals surface area contributed by atoms with Crippen molar-refractivity contribution in [3.8, 4) is 0 Å². The monoisotopic (exact) mass is 540 g/mol. The van der Waals surface area contributed by atoms with Crippen molar-refractivity contribution in [1.29, 1.82) is 0 Å². The van der Waals surface area contributed by atoms with Crippen LogP contribution in [0.15, 0.2) is 5.38 Å². The zero-order chi connectivity index (χ0) is 28.1. The molecule has 0 aliphatic carbocycles. The highest BCUT2D eigenvalue weighted by molar-refractivity contribution is 7.09. The molecule has 10 nitrogen and oxygen atoms in total. The van der Waals surface area contributed by atoms with Gasteiger partial charge in [-0.25, -0.2) is 9.78 Å². The molecule has 0 aliphatic heterocycles. The van der Waals surface area contributed by atoms with Crippen molar-refractivity contribution in [3.63, 3.8) is 0 Å². The molecule has 1 rings (SSSR count). The Morgan fingerprint density at radius 3 is 2.35 bits per heavy atom. The normalized spacial score (nSPS) is 14.5. The molecule has 1 aromatic rings. The zero-order valence-electron chi connectivity index (χ0n) is 23.2. The molecule has 4 atom stereocenters. The highest BCUT2D eigenvalue weighted by Gasteiger charge is 2.35. The fourth-order valence-electron chi connectivity index (χ4n) is 4.11.